The van der Waals surface area contributed by atoms with E-state index in [2.05, 4.69) is 39.3 Å². The Morgan fingerprint density at radius 1 is 1.24 bits per heavy atom. The third-order valence-corrected chi connectivity index (χ3v) is 3.93. The second kappa shape index (κ2) is 7.94. The lowest BCUT2D eigenvalue weighted by atomic mass is 10.2. The van der Waals surface area contributed by atoms with Gasteiger partial charge in [-0.15, -0.1) is 0 Å². The largest absolute Gasteiger partial charge is 0.372 e. The second-order valence-electron chi connectivity index (χ2n) is 6.24. The number of rotatable bonds is 4. The highest BCUT2D eigenvalue weighted by atomic mass is 16.5. The molecule has 0 saturated carbocycles. The summed E-state index contributed by atoms with van der Waals surface area (Å²) in [7, 11) is 0. The molecule has 132 valence electrons. The van der Waals surface area contributed by atoms with E-state index in [-0.39, 0.29) is 18.2 Å². The van der Waals surface area contributed by atoms with Crippen LogP contribution in [-0.4, -0.2) is 41.3 Å². The van der Waals surface area contributed by atoms with E-state index in [1.807, 2.05) is 12.1 Å². The summed E-state index contributed by atoms with van der Waals surface area (Å²) in [4.78, 5) is 22.6. The molecule has 1 aliphatic heterocycles. The highest BCUT2D eigenvalue weighted by molar-refractivity contribution is 5.88. The molecule has 0 radical (unpaired) electrons. The van der Waals surface area contributed by atoms with E-state index in [0.29, 0.717) is 12.2 Å². The number of carbonyl (C=O) groups excluding carboxylic acids is 1. The molecule has 0 unspecified atom stereocenters. The maximum atomic E-state index is 11.9. The first-order valence-electron chi connectivity index (χ1n) is 8.40. The van der Waals surface area contributed by atoms with Crippen molar-refractivity contribution >= 4 is 17.5 Å². The predicted octanol–water partition coefficient (Wildman–Crippen LogP) is 2.41. The second-order valence-corrected chi connectivity index (χ2v) is 6.24. The quantitative estimate of drug-likeness (QED) is 0.893. The number of carbonyl (C=O) groups is 1. The van der Waals surface area contributed by atoms with Crippen LogP contribution in [0.1, 0.15) is 19.4 Å². The summed E-state index contributed by atoms with van der Waals surface area (Å²) in [5.41, 5.74) is 1.60. The van der Waals surface area contributed by atoms with Crippen LogP contribution in [0.15, 0.2) is 42.9 Å². The molecule has 7 nitrogen and oxygen atoms in total. The number of urea groups is 1. The number of pyridine rings is 2. The monoisotopic (exact) mass is 341 g/mol. The topological polar surface area (TPSA) is 79.4 Å². The van der Waals surface area contributed by atoms with Crippen LogP contribution in [0.5, 0.6) is 0 Å². The van der Waals surface area contributed by atoms with Crippen molar-refractivity contribution < 1.29 is 9.53 Å². The fourth-order valence-corrected chi connectivity index (χ4v) is 2.87. The van der Waals surface area contributed by atoms with Gasteiger partial charge in [0.1, 0.15) is 5.82 Å². The number of ether oxygens (including phenoxy) is 1. The highest BCUT2D eigenvalue weighted by Crippen LogP contribution is 2.18. The Morgan fingerprint density at radius 3 is 2.68 bits per heavy atom. The van der Waals surface area contributed by atoms with Gasteiger partial charge >= 0.3 is 6.03 Å². The van der Waals surface area contributed by atoms with E-state index < -0.39 is 0 Å². The zero-order valence-corrected chi connectivity index (χ0v) is 14.5. The normalized spacial score (nSPS) is 20.2. The molecule has 3 rings (SSSR count). The lowest BCUT2D eigenvalue weighted by Gasteiger charge is -2.36. The highest BCUT2D eigenvalue weighted by Gasteiger charge is 2.22. The molecular formula is C18H23N5O2. The van der Waals surface area contributed by atoms with Gasteiger partial charge in [0.25, 0.3) is 0 Å². The Kier molecular flexibility index (Phi) is 5.45. The summed E-state index contributed by atoms with van der Waals surface area (Å²) in [5.74, 6) is 0.936. The van der Waals surface area contributed by atoms with Gasteiger partial charge in [0.05, 0.1) is 24.1 Å². The van der Waals surface area contributed by atoms with Crippen LogP contribution in [0.2, 0.25) is 0 Å². The summed E-state index contributed by atoms with van der Waals surface area (Å²) in [6.45, 7) is 6.23. The van der Waals surface area contributed by atoms with E-state index in [0.717, 1.165) is 24.5 Å². The molecule has 0 bridgehead atoms. The van der Waals surface area contributed by atoms with E-state index >= 15 is 0 Å². The first-order chi connectivity index (χ1) is 12.1. The van der Waals surface area contributed by atoms with Crippen molar-refractivity contribution in [2.75, 3.05) is 23.3 Å². The van der Waals surface area contributed by atoms with Crippen molar-refractivity contribution in [1.29, 1.82) is 0 Å². The zero-order valence-electron chi connectivity index (χ0n) is 14.5. The Hall–Kier alpha value is -2.67. The first-order valence-corrected chi connectivity index (χ1v) is 8.40. The Bertz CT molecular complexity index is 682. The SMILES string of the molecule is C[C@@H]1CN(c2ccc(CNC(=O)Nc3cccnc3)cn2)C[C@@H](C)O1. The predicted molar refractivity (Wildman–Crippen MR) is 96.6 cm³/mol. The van der Waals surface area contributed by atoms with Crippen LogP contribution in [0.4, 0.5) is 16.3 Å². The van der Waals surface area contributed by atoms with Gasteiger partial charge < -0.3 is 20.3 Å². The van der Waals surface area contributed by atoms with Crippen molar-refractivity contribution in [3.05, 3.63) is 48.4 Å². The molecule has 1 aliphatic rings. The van der Waals surface area contributed by atoms with Crippen LogP contribution in [0, 0.1) is 0 Å². The summed E-state index contributed by atoms with van der Waals surface area (Å²) in [5, 5.41) is 5.54. The van der Waals surface area contributed by atoms with Gasteiger partial charge in [-0.1, -0.05) is 6.07 Å². The molecule has 2 amide bonds. The van der Waals surface area contributed by atoms with Gasteiger partial charge in [0.15, 0.2) is 0 Å². The third-order valence-electron chi connectivity index (χ3n) is 3.93. The molecule has 2 aromatic rings. The van der Waals surface area contributed by atoms with Crippen molar-refractivity contribution in [2.45, 2.75) is 32.6 Å². The van der Waals surface area contributed by atoms with Crippen molar-refractivity contribution in [3.8, 4) is 0 Å². The molecule has 1 fully saturated rings. The Morgan fingerprint density at radius 2 is 2.04 bits per heavy atom. The van der Waals surface area contributed by atoms with Gasteiger partial charge in [-0.2, -0.15) is 0 Å². The molecule has 25 heavy (non-hydrogen) atoms. The number of nitrogens with zero attached hydrogens (tertiary/aromatic N) is 3. The molecule has 7 heteroatoms. The first kappa shape index (κ1) is 17.2. The maximum Gasteiger partial charge on any atom is 0.319 e. The van der Waals surface area contributed by atoms with E-state index in [1.165, 1.54) is 0 Å². The number of morpholine rings is 1. The molecule has 0 aliphatic carbocycles. The van der Waals surface area contributed by atoms with Crippen LogP contribution in [0.3, 0.4) is 0 Å². The van der Waals surface area contributed by atoms with Crippen molar-refractivity contribution in [1.82, 2.24) is 15.3 Å². The molecule has 1 saturated heterocycles. The summed E-state index contributed by atoms with van der Waals surface area (Å²) >= 11 is 0. The number of hydrogen-bond acceptors (Lipinski definition) is 5. The standard InChI is InChI=1S/C18H23N5O2/c1-13-11-23(12-14(2)25-13)17-6-5-15(8-20-17)9-21-18(24)22-16-4-3-7-19-10-16/h3-8,10,13-14H,9,11-12H2,1-2H3,(H2,21,22,24)/t13-,14-/m1/s1. The number of hydrogen-bond donors (Lipinski definition) is 2. The van der Waals surface area contributed by atoms with Crippen LogP contribution < -0.4 is 15.5 Å². The molecule has 2 atom stereocenters. The molecule has 0 spiro atoms. The number of anilines is 2. The van der Waals surface area contributed by atoms with Gasteiger partial charge in [-0.05, 0) is 37.6 Å². The number of nitrogens with one attached hydrogen (secondary N) is 2. The summed E-state index contributed by atoms with van der Waals surface area (Å²) in [6, 6.07) is 7.25. The Labute approximate surface area is 147 Å². The van der Waals surface area contributed by atoms with E-state index in [9.17, 15) is 4.79 Å². The molecular weight excluding hydrogens is 318 g/mol. The van der Waals surface area contributed by atoms with Gasteiger partial charge in [0.2, 0.25) is 0 Å². The van der Waals surface area contributed by atoms with Gasteiger partial charge in [-0.3, -0.25) is 4.98 Å². The fraction of sp³-hybridized carbons (Fsp3) is 0.389. The van der Waals surface area contributed by atoms with Gasteiger partial charge in [-0.25, -0.2) is 9.78 Å². The number of aromatic nitrogens is 2. The van der Waals surface area contributed by atoms with Crippen molar-refractivity contribution in [3.63, 3.8) is 0 Å². The average Bonchev–Trinajstić information content (AvgIpc) is 2.60. The van der Waals surface area contributed by atoms with Crippen molar-refractivity contribution in [2.24, 2.45) is 0 Å². The smallest absolute Gasteiger partial charge is 0.319 e. The number of amides is 2. The summed E-state index contributed by atoms with van der Waals surface area (Å²) < 4.78 is 5.75. The lowest BCUT2D eigenvalue weighted by Crippen LogP contribution is -2.45. The zero-order chi connectivity index (χ0) is 17.6. The Balaban J connectivity index is 1.51. The van der Waals surface area contributed by atoms with Crippen LogP contribution in [-0.2, 0) is 11.3 Å². The minimum absolute atomic E-state index is 0.197. The maximum absolute atomic E-state index is 11.9. The summed E-state index contributed by atoms with van der Waals surface area (Å²) in [6.07, 6.45) is 5.45. The molecule has 2 N–H and O–H groups in total. The van der Waals surface area contributed by atoms with E-state index in [4.69, 9.17) is 4.74 Å². The minimum atomic E-state index is -0.270. The molecule has 0 aromatic carbocycles. The van der Waals surface area contributed by atoms with Crippen LogP contribution in [0.25, 0.3) is 0 Å². The third kappa shape index (κ3) is 4.90. The molecule has 3 heterocycles. The van der Waals surface area contributed by atoms with E-state index in [1.54, 1.807) is 30.7 Å². The van der Waals surface area contributed by atoms with Crippen LogP contribution >= 0.6 is 0 Å². The minimum Gasteiger partial charge on any atom is -0.372 e. The lowest BCUT2D eigenvalue weighted by molar-refractivity contribution is -0.00546. The molecule has 2 aromatic heterocycles. The van der Waals surface area contributed by atoms with Gasteiger partial charge in [0, 0.05) is 32.0 Å². The average molecular weight is 341 g/mol. The fourth-order valence-electron chi connectivity index (χ4n) is 2.87.